The van der Waals surface area contributed by atoms with Crippen molar-refractivity contribution in [2.45, 2.75) is 45.4 Å². The summed E-state index contributed by atoms with van der Waals surface area (Å²) in [6.45, 7) is 12.9. The van der Waals surface area contributed by atoms with Crippen molar-refractivity contribution < 1.29 is 14.3 Å². The molecule has 0 aliphatic carbocycles. The Morgan fingerprint density at radius 3 is 2.46 bits per heavy atom. The molecule has 5 heterocycles. The average molecular weight is 571 g/mol. The molecule has 5 rings (SSSR count). The van der Waals surface area contributed by atoms with E-state index >= 15 is 0 Å². The lowest BCUT2D eigenvalue weighted by molar-refractivity contribution is -0.133. The molecule has 13 heteroatoms. The molecule has 11 nitrogen and oxygen atoms in total. The number of fused-ring (bicyclic) bond motifs is 1. The van der Waals surface area contributed by atoms with Crippen molar-refractivity contribution in [3.05, 3.63) is 22.8 Å². The monoisotopic (exact) mass is 570 g/mol. The van der Waals surface area contributed by atoms with E-state index in [-0.39, 0.29) is 11.9 Å². The number of carbonyl (C=O) groups is 1. The van der Waals surface area contributed by atoms with E-state index in [4.69, 9.17) is 20.4 Å². The van der Waals surface area contributed by atoms with Gasteiger partial charge in [0.15, 0.2) is 20.0 Å². The maximum absolute atomic E-state index is 12.7. The highest BCUT2D eigenvalue weighted by atomic mass is 32.1. The van der Waals surface area contributed by atoms with Gasteiger partial charge >= 0.3 is 0 Å². The molecule has 0 aromatic carbocycles. The first-order chi connectivity index (χ1) is 18.7. The van der Waals surface area contributed by atoms with Gasteiger partial charge in [-0.2, -0.15) is 0 Å². The van der Waals surface area contributed by atoms with Crippen LogP contribution in [0.25, 0.3) is 21.6 Å². The molecule has 2 fully saturated rings. The van der Waals surface area contributed by atoms with Gasteiger partial charge in [-0.25, -0.2) is 19.9 Å². The van der Waals surface area contributed by atoms with Gasteiger partial charge in [-0.1, -0.05) is 0 Å². The quantitative estimate of drug-likeness (QED) is 0.389. The van der Waals surface area contributed by atoms with Crippen molar-refractivity contribution >= 4 is 47.5 Å². The number of rotatable bonds is 8. The van der Waals surface area contributed by atoms with E-state index in [0.717, 1.165) is 79.9 Å². The van der Waals surface area contributed by atoms with Crippen molar-refractivity contribution in [2.24, 2.45) is 0 Å². The number of hydrogen-bond acceptors (Lipinski definition) is 11. The third-order valence-electron chi connectivity index (χ3n) is 7.36. The van der Waals surface area contributed by atoms with Gasteiger partial charge in [-0.15, -0.1) is 11.3 Å². The molecule has 0 bridgehead atoms. The summed E-state index contributed by atoms with van der Waals surface area (Å²) in [6, 6.07) is 0.770. The predicted octanol–water partition coefficient (Wildman–Crippen LogP) is 2.50. The second kappa shape index (κ2) is 11.8. The number of amides is 1. The van der Waals surface area contributed by atoms with Crippen LogP contribution in [0, 0.1) is 6.92 Å². The summed E-state index contributed by atoms with van der Waals surface area (Å²) < 4.78 is 6.68. The number of morpholine rings is 1. The van der Waals surface area contributed by atoms with Crippen LogP contribution in [0.4, 0.5) is 11.8 Å². The molecule has 2 aliphatic heterocycles. The summed E-state index contributed by atoms with van der Waals surface area (Å²) >= 11 is 1.76. The molecule has 3 N–H and O–H groups in total. The van der Waals surface area contributed by atoms with Gasteiger partial charge in [-0.3, -0.25) is 9.69 Å². The molecule has 0 spiro atoms. The van der Waals surface area contributed by atoms with Crippen LogP contribution in [0.5, 0.6) is 0 Å². The molecule has 2 aliphatic rings. The maximum Gasteiger partial charge on any atom is 0.222 e. The molecule has 210 valence electrons. The number of nitrogens with zero attached hydrogens (tertiary/aromatic N) is 7. The van der Waals surface area contributed by atoms with Gasteiger partial charge in [0.2, 0.25) is 11.9 Å². The minimum absolute atomic E-state index is 0.204. The number of carbonyl (C=O) groups excluding carboxylic acids is 1. The number of nitrogens with two attached hydrogens (primary N) is 1. The third kappa shape index (κ3) is 6.72. The number of anilines is 2. The van der Waals surface area contributed by atoms with Gasteiger partial charge < -0.3 is 25.1 Å². The highest BCUT2D eigenvalue weighted by Crippen LogP contribution is 2.38. The summed E-state index contributed by atoms with van der Waals surface area (Å²) in [5.41, 5.74) is 8.56. The van der Waals surface area contributed by atoms with Crippen molar-refractivity contribution in [3.63, 3.8) is 0 Å². The largest absolute Gasteiger partial charge is 0.432 e. The second-order valence-electron chi connectivity index (χ2n) is 11.0. The van der Waals surface area contributed by atoms with Crippen LogP contribution >= 0.6 is 11.3 Å². The number of piperazine rings is 1. The Balaban J connectivity index is 1.32. The zero-order valence-electron chi connectivity index (χ0n) is 23.0. The van der Waals surface area contributed by atoms with E-state index in [1.165, 1.54) is 10.4 Å². The van der Waals surface area contributed by atoms with Crippen molar-refractivity contribution in [1.82, 2.24) is 29.7 Å². The molecular formula is C26H38N8O3SSi. The Kier molecular flexibility index (Phi) is 8.42. The summed E-state index contributed by atoms with van der Waals surface area (Å²) in [6.07, 6.45) is 4.63. The lowest BCUT2D eigenvalue weighted by atomic mass is 10.2. The van der Waals surface area contributed by atoms with Crippen molar-refractivity contribution in [1.29, 1.82) is 0 Å². The minimum atomic E-state index is -2.10. The number of nitrogen functional groups attached to an aromatic ring is 1. The van der Waals surface area contributed by atoms with Crippen LogP contribution in [0.3, 0.4) is 0 Å². The number of thiophene rings is 1. The Bertz CT molecular complexity index is 1300. The van der Waals surface area contributed by atoms with Gasteiger partial charge in [0.25, 0.3) is 0 Å². The smallest absolute Gasteiger partial charge is 0.222 e. The number of aryl methyl sites for hydroxylation is 1. The van der Waals surface area contributed by atoms with E-state index in [1.54, 1.807) is 23.7 Å². The van der Waals surface area contributed by atoms with E-state index in [9.17, 15) is 9.59 Å². The van der Waals surface area contributed by atoms with Crippen LogP contribution in [-0.2, 0) is 16.1 Å². The van der Waals surface area contributed by atoms with E-state index in [0.29, 0.717) is 25.5 Å². The predicted molar refractivity (Wildman–Crippen MR) is 156 cm³/mol. The molecule has 0 unspecified atom stereocenters. The normalized spacial score (nSPS) is 17.2. The highest BCUT2D eigenvalue weighted by molar-refractivity contribution is 7.19. The van der Waals surface area contributed by atoms with Crippen molar-refractivity contribution in [3.8, 4) is 11.4 Å². The fraction of sp³-hybridized carbons (Fsp3) is 0.577. The molecule has 3 aromatic rings. The topological polar surface area (TPSA) is 134 Å². The number of aromatic nitrogens is 4. The van der Waals surface area contributed by atoms with Crippen LogP contribution in [0.2, 0.25) is 19.1 Å². The molecule has 39 heavy (non-hydrogen) atoms. The lowest BCUT2D eigenvalue weighted by Gasteiger charge is -2.34. The van der Waals surface area contributed by atoms with Crippen LogP contribution in [-0.4, -0.2) is 101 Å². The van der Waals surface area contributed by atoms with E-state index < -0.39 is 8.32 Å². The highest BCUT2D eigenvalue weighted by Gasteiger charge is 2.26. The molecule has 0 atom stereocenters. The molecule has 2 saturated heterocycles. The van der Waals surface area contributed by atoms with Gasteiger partial charge in [-0.05, 0) is 38.0 Å². The Labute approximate surface area is 234 Å². The second-order valence-corrected chi connectivity index (χ2v) is 16.2. The summed E-state index contributed by atoms with van der Waals surface area (Å²) in [5.74, 6) is 1.95. The van der Waals surface area contributed by atoms with Gasteiger partial charge in [0.05, 0.1) is 29.0 Å². The zero-order chi connectivity index (χ0) is 27.6. The minimum Gasteiger partial charge on any atom is -0.432 e. The fourth-order valence-corrected chi connectivity index (χ4v) is 7.38. The Morgan fingerprint density at radius 1 is 1.10 bits per heavy atom. The van der Waals surface area contributed by atoms with Crippen LogP contribution in [0.15, 0.2) is 12.4 Å². The lowest BCUT2D eigenvalue weighted by Crippen LogP contribution is -2.48. The first kappa shape index (κ1) is 27.8. The van der Waals surface area contributed by atoms with E-state index in [1.807, 2.05) is 18.0 Å². The average Bonchev–Trinajstić information content (AvgIpc) is 3.23. The standard InChI is InChI=1S/C26H38N8O3SSi/c1-18-20(17-32-6-8-33(9-7-32)21(35)5-4-14-39(2,3)36)38-23-22(18)30-24(19-15-28-26(27)29-16-19)31-25(23)34-10-12-37-13-11-34/h15-16,36H,4-14,17H2,1-3H3,(H2,27,28,29). The zero-order valence-corrected chi connectivity index (χ0v) is 24.8. The van der Waals surface area contributed by atoms with Gasteiger partial charge in [0, 0.05) is 69.5 Å². The summed E-state index contributed by atoms with van der Waals surface area (Å²) in [7, 11) is -2.10. The molecular weight excluding hydrogens is 532 g/mol. The molecule has 3 aromatic heterocycles. The van der Waals surface area contributed by atoms with Crippen LogP contribution < -0.4 is 10.6 Å². The number of ether oxygens (including phenoxy) is 1. The molecule has 0 radical (unpaired) electrons. The fourth-order valence-electron chi connectivity index (χ4n) is 5.03. The van der Waals surface area contributed by atoms with E-state index in [2.05, 4.69) is 26.7 Å². The van der Waals surface area contributed by atoms with Crippen LogP contribution in [0.1, 0.15) is 23.3 Å². The third-order valence-corrected chi connectivity index (χ3v) is 10.2. The van der Waals surface area contributed by atoms with Crippen molar-refractivity contribution in [2.75, 3.05) is 63.1 Å². The SMILES string of the molecule is Cc1c(CN2CCN(C(=O)CCC[Si](C)(C)O)CC2)sc2c(N3CCOCC3)nc(-c3cnc(N)nc3)nc12. The maximum atomic E-state index is 12.7. The first-order valence-corrected chi connectivity index (χ1v) is 17.6. The molecule has 0 saturated carbocycles. The summed E-state index contributed by atoms with van der Waals surface area (Å²) in [4.78, 5) is 48.9. The Morgan fingerprint density at radius 2 is 1.79 bits per heavy atom. The first-order valence-electron chi connectivity index (χ1n) is 13.6. The number of hydrogen-bond donors (Lipinski definition) is 2. The molecule has 1 amide bonds. The Hall–Kier alpha value is -2.71. The summed E-state index contributed by atoms with van der Waals surface area (Å²) in [5, 5.41) is 0. The van der Waals surface area contributed by atoms with Gasteiger partial charge in [0.1, 0.15) is 0 Å².